The summed E-state index contributed by atoms with van der Waals surface area (Å²) in [6.45, 7) is 3.85. The Kier molecular flexibility index (Phi) is 5.62. The van der Waals surface area contributed by atoms with Gasteiger partial charge in [-0.15, -0.1) is 5.10 Å². The number of nitrogens with zero attached hydrogens (tertiary/aromatic N) is 3. The van der Waals surface area contributed by atoms with Gasteiger partial charge in [-0.25, -0.2) is 0 Å². The van der Waals surface area contributed by atoms with Crippen LogP contribution in [0.5, 0.6) is 0 Å². The average Bonchev–Trinajstić information content (AvgIpc) is 2.53. The molecule has 1 aromatic carbocycles. The summed E-state index contributed by atoms with van der Waals surface area (Å²) in [5, 5.41) is 19.5. The van der Waals surface area contributed by atoms with Crippen molar-refractivity contribution < 1.29 is 14.7 Å². The maximum atomic E-state index is 12.6. The fourth-order valence-corrected chi connectivity index (χ4v) is 2.38. The number of amides is 1. The number of carboxylic acid groups (broad SMARTS) is 1. The molecule has 128 valence electrons. The van der Waals surface area contributed by atoms with E-state index in [2.05, 4.69) is 15.6 Å². The van der Waals surface area contributed by atoms with E-state index < -0.39 is 17.9 Å². The molecule has 0 aliphatic heterocycles. The molecule has 0 saturated carbocycles. The second-order valence-electron chi connectivity index (χ2n) is 5.94. The summed E-state index contributed by atoms with van der Waals surface area (Å²) in [6.07, 6.45) is 0.213. The smallest absolute Gasteiger partial charge is 0.305 e. The molecule has 1 atom stereocenters. The Morgan fingerprint density at radius 2 is 2.00 bits per heavy atom. The van der Waals surface area contributed by atoms with Gasteiger partial charge in [-0.3, -0.25) is 14.4 Å². The zero-order valence-electron chi connectivity index (χ0n) is 13.6. The molecule has 1 aromatic heterocycles. The molecule has 8 nitrogen and oxygen atoms in total. The standard InChI is InChI=1S/C16H20N4O4/c1-10(2)9-13(15(23)17-8-7-14(21)22)20-16(24)11-5-3-4-6-12(11)18-19-20/h3-6,10,13H,7-9H2,1-2H3,(H,17,23)(H,21,22)/t13-/m0/s1. The van der Waals surface area contributed by atoms with Crippen molar-refractivity contribution in [3.05, 3.63) is 34.6 Å². The molecule has 1 amide bonds. The average molecular weight is 332 g/mol. The number of carbonyl (C=O) groups excluding carboxylic acids is 1. The summed E-state index contributed by atoms with van der Waals surface area (Å²) in [5.41, 5.74) is 0.0768. The lowest BCUT2D eigenvalue weighted by Crippen LogP contribution is -2.40. The third-order valence-electron chi connectivity index (χ3n) is 3.52. The van der Waals surface area contributed by atoms with Crippen molar-refractivity contribution in [2.75, 3.05) is 6.54 Å². The van der Waals surface area contributed by atoms with E-state index in [9.17, 15) is 14.4 Å². The van der Waals surface area contributed by atoms with Gasteiger partial charge >= 0.3 is 5.97 Å². The molecule has 0 spiro atoms. The molecule has 0 unspecified atom stereocenters. The zero-order valence-corrected chi connectivity index (χ0v) is 13.6. The molecule has 0 aliphatic carbocycles. The Labute approximate surface area is 138 Å². The first kappa shape index (κ1) is 17.6. The first-order chi connectivity index (χ1) is 11.4. The summed E-state index contributed by atoms with van der Waals surface area (Å²) in [4.78, 5) is 35.6. The second kappa shape index (κ2) is 7.67. The van der Waals surface area contributed by atoms with E-state index >= 15 is 0 Å². The molecule has 2 N–H and O–H groups in total. The van der Waals surface area contributed by atoms with E-state index in [-0.39, 0.29) is 24.4 Å². The number of carbonyl (C=O) groups is 2. The van der Waals surface area contributed by atoms with E-state index in [0.717, 1.165) is 4.68 Å². The number of hydrogen-bond acceptors (Lipinski definition) is 5. The van der Waals surface area contributed by atoms with Gasteiger partial charge in [0.25, 0.3) is 5.56 Å². The second-order valence-corrected chi connectivity index (χ2v) is 5.94. The van der Waals surface area contributed by atoms with E-state index in [4.69, 9.17) is 5.11 Å². The third-order valence-corrected chi connectivity index (χ3v) is 3.52. The number of aromatic nitrogens is 3. The van der Waals surface area contributed by atoms with Crippen molar-refractivity contribution in [2.45, 2.75) is 32.7 Å². The van der Waals surface area contributed by atoms with Gasteiger partial charge in [-0.05, 0) is 24.5 Å². The summed E-state index contributed by atoms with van der Waals surface area (Å²) in [7, 11) is 0. The van der Waals surface area contributed by atoms with Crippen LogP contribution in [0.25, 0.3) is 10.9 Å². The van der Waals surface area contributed by atoms with Gasteiger partial charge in [0.1, 0.15) is 11.6 Å². The molecule has 2 aromatic rings. The Morgan fingerprint density at radius 3 is 2.67 bits per heavy atom. The molecule has 0 aliphatic rings. The van der Waals surface area contributed by atoms with Gasteiger partial charge < -0.3 is 10.4 Å². The van der Waals surface area contributed by atoms with E-state index in [1.165, 1.54) is 0 Å². The van der Waals surface area contributed by atoms with E-state index in [1.54, 1.807) is 24.3 Å². The number of nitrogens with one attached hydrogen (secondary N) is 1. The van der Waals surface area contributed by atoms with Crippen LogP contribution in [-0.2, 0) is 9.59 Å². The quantitative estimate of drug-likeness (QED) is 0.781. The zero-order chi connectivity index (χ0) is 17.7. The van der Waals surface area contributed by atoms with Crippen LogP contribution in [0.1, 0.15) is 32.7 Å². The van der Waals surface area contributed by atoms with E-state index in [0.29, 0.717) is 17.3 Å². The van der Waals surface area contributed by atoms with Crippen molar-refractivity contribution in [3.8, 4) is 0 Å². The van der Waals surface area contributed by atoms with Crippen LogP contribution in [0.4, 0.5) is 0 Å². The molecular weight excluding hydrogens is 312 g/mol. The molecule has 0 radical (unpaired) electrons. The van der Waals surface area contributed by atoms with Crippen LogP contribution in [0.2, 0.25) is 0 Å². The molecule has 2 rings (SSSR count). The maximum absolute atomic E-state index is 12.6. The van der Waals surface area contributed by atoms with Crippen LogP contribution < -0.4 is 10.9 Å². The maximum Gasteiger partial charge on any atom is 0.305 e. The van der Waals surface area contributed by atoms with Crippen LogP contribution in [-0.4, -0.2) is 38.5 Å². The Morgan fingerprint density at radius 1 is 1.29 bits per heavy atom. The molecule has 8 heteroatoms. The highest BCUT2D eigenvalue weighted by atomic mass is 16.4. The third kappa shape index (κ3) is 4.15. The molecule has 1 heterocycles. The van der Waals surface area contributed by atoms with Gasteiger partial charge in [0.2, 0.25) is 5.91 Å². The number of aliphatic carboxylic acids is 1. The molecule has 0 fully saturated rings. The minimum atomic E-state index is -1.00. The highest BCUT2D eigenvalue weighted by molar-refractivity contribution is 5.81. The summed E-state index contributed by atoms with van der Waals surface area (Å²) < 4.78 is 1.08. The fourth-order valence-electron chi connectivity index (χ4n) is 2.38. The number of benzene rings is 1. The van der Waals surface area contributed by atoms with Gasteiger partial charge in [-0.1, -0.05) is 31.2 Å². The highest BCUT2D eigenvalue weighted by Gasteiger charge is 2.25. The van der Waals surface area contributed by atoms with Crippen LogP contribution >= 0.6 is 0 Å². The lowest BCUT2D eigenvalue weighted by atomic mass is 10.0. The largest absolute Gasteiger partial charge is 0.481 e. The summed E-state index contributed by atoms with van der Waals surface area (Å²) in [5.74, 6) is -1.30. The number of hydrogen-bond donors (Lipinski definition) is 2. The first-order valence-corrected chi connectivity index (χ1v) is 7.74. The predicted molar refractivity (Wildman–Crippen MR) is 87.6 cm³/mol. The Balaban J connectivity index is 2.34. The van der Waals surface area contributed by atoms with Crippen LogP contribution in [0.15, 0.2) is 29.1 Å². The Bertz CT molecular complexity index is 800. The van der Waals surface area contributed by atoms with Gasteiger partial charge in [0, 0.05) is 6.54 Å². The summed E-state index contributed by atoms with van der Waals surface area (Å²) in [6, 6.07) is 5.96. The minimum absolute atomic E-state index is 0.00147. The minimum Gasteiger partial charge on any atom is -0.481 e. The summed E-state index contributed by atoms with van der Waals surface area (Å²) >= 11 is 0. The number of carboxylic acids is 1. The van der Waals surface area contributed by atoms with Gasteiger partial charge in [0.15, 0.2) is 0 Å². The lowest BCUT2D eigenvalue weighted by Gasteiger charge is -2.19. The molecule has 0 saturated heterocycles. The van der Waals surface area contributed by atoms with Gasteiger partial charge in [0.05, 0.1) is 11.8 Å². The monoisotopic (exact) mass is 332 g/mol. The van der Waals surface area contributed by atoms with Crippen molar-refractivity contribution in [1.82, 2.24) is 20.3 Å². The van der Waals surface area contributed by atoms with Crippen molar-refractivity contribution in [3.63, 3.8) is 0 Å². The van der Waals surface area contributed by atoms with Crippen LogP contribution in [0.3, 0.4) is 0 Å². The van der Waals surface area contributed by atoms with Gasteiger partial charge in [-0.2, -0.15) is 4.68 Å². The number of fused-ring (bicyclic) bond motifs is 1. The number of rotatable bonds is 7. The molecular formula is C16H20N4O4. The first-order valence-electron chi connectivity index (χ1n) is 7.74. The highest BCUT2D eigenvalue weighted by Crippen LogP contribution is 2.16. The lowest BCUT2D eigenvalue weighted by molar-refractivity contribution is -0.137. The van der Waals surface area contributed by atoms with Crippen molar-refractivity contribution >= 4 is 22.8 Å². The topological polar surface area (TPSA) is 114 Å². The molecule has 0 bridgehead atoms. The SMILES string of the molecule is CC(C)C[C@@H](C(=O)NCCC(=O)O)n1nnc2ccccc2c1=O. The van der Waals surface area contributed by atoms with Crippen LogP contribution in [0, 0.1) is 5.92 Å². The van der Waals surface area contributed by atoms with E-state index in [1.807, 2.05) is 13.8 Å². The predicted octanol–water partition coefficient (Wildman–Crippen LogP) is 0.970. The van der Waals surface area contributed by atoms with Crippen molar-refractivity contribution in [1.29, 1.82) is 0 Å². The normalized spacial score (nSPS) is 12.3. The molecule has 24 heavy (non-hydrogen) atoms. The Hall–Kier alpha value is -2.77. The van der Waals surface area contributed by atoms with Crippen molar-refractivity contribution in [2.24, 2.45) is 5.92 Å². The fraction of sp³-hybridized carbons (Fsp3) is 0.438.